The van der Waals surface area contributed by atoms with Crippen LogP contribution in [0.15, 0.2) is 0 Å². The van der Waals surface area contributed by atoms with Gasteiger partial charge in [0.05, 0.1) is 6.61 Å². The predicted octanol–water partition coefficient (Wildman–Crippen LogP) is 5.23. The zero-order valence-corrected chi connectivity index (χ0v) is 13.1. The molecule has 1 rings (SSSR count). The normalized spacial score (nSPS) is 21.9. The standard InChI is InChI=1S/C16H32O4/c1-2-3-15-18-20-16(19-17)13-11-9-7-5-4-6-8-10-12-14-16/h17H,2-15H2,1H3. The van der Waals surface area contributed by atoms with Crippen molar-refractivity contribution in [1.82, 2.24) is 0 Å². The third kappa shape index (κ3) is 7.58. The lowest BCUT2D eigenvalue weighted by Crippen LogP contribution is -2.35. The third-order valence-electron chi connectivity index (χ3n) is 4.07. The van der Waals surface area contributed by atoms with E-state index in [1.54, 1.807) is 0 Å². The van der Waals surface area contributed by atoms with Gasteiger partial charge < -0.3 is 0 Å². The quantitative estimate of drug-likeness (QED) is 0.315. The Hall–Kier alpha value is -0.160. The maximum atomic E-state index is 9.30. The first-order chi connectivity index (χ1) is 9.83. The van der Waals surface area contributed by atoms with E-state index in [4.69, 9.17) is 14.7 Å². The molecule has 0 aliphatic heterocycles. The highest BCUT2D eigenvalue weighted by Crippen LogP contribution is 2.29. The molecule has 4 nitrogen and oxygen atoms in total. The monoisotopic (exact) mass is 288 g/mol. The first-order valence-electron chi connectivity index (χ1n) is 8.46. The van der Waals surface area contributed by atoms with Crippen molar-refractivity contribution >= 4 is 0 Å². The summed E-state index contributed by atoms with van der Waals surface area (Å²) in [5.41, 5.74) is 0. The van der Waals surface area contributed by atoms with Crippen LogP contribution in [0.2, 0.25) is 0 Å². The van der Waals surface area contributed by atoms with Crippen molar-refractivity contribution in [1.29, 1.82) is 0 Å². The first kappa shape index (κ1) is 17.9. The van der Waals surface area contributed by atoms with Crippen LogP contribution in [0.5, 0.6) is 0 Å². The fourth-order valence-corrected chi connectivity index (χ4v) is 2.69. The van der Waals surface area contributed by atoms with Crippen molar-refractivity contribution in [3.8, 4) is 0 Å². The molecule has 120 valence electrons. The Morgan fingerprint density at radius 2 is 1.35 bits per heavy atom. The number of hydrogen-bond acceptors (Lipinski definition) is 4. The van der Waals surface area contributed by atoms with Gasteiger partial charge in [0.2, 0.25) is 5.79 Å². The molecule has 1 aliphatic rings. The lowest BCUT2D eigenvalue weighted by atomic mass is 9.97. The van der Waals surface area contributed by atoms with Gasteiger partial charge in [0.15, 0.2) is 0 Å². The molecule has 0 spiro atoms. The second kappa shape index (κ2) is 11.5. The maximum absolute atomic E-state index is 9.30. The molecule has 0 heterocycles. The summed E-state index contributed by atoms with van der Waals surface area (Å²) in [6, 6.07) is 0. The van der Waals surface area contributed by atoms with Crippen molar-refractivity contribution in [2.45, 2.75) is 96.2 Å². The van der Waals surface area contributed by atoms with Gasteiger partial charge in [-0.25, -0.2) is 15.0 Å². The second-order valence-electron chi connectivity index (χ2n) is 5.94. The minimum atomic E-state index is -0.951. The van der Waals surface area contributed by atoms with Crippen LogP contribution in [0.3, 0.4) is 0 Å². The van der Waals surface area contributed by atoms with Gasteiger partial charge in [0, 0.05) is 12.8 Å². The topological polar surface area (TPSA) is 47.9 Å². The summed E-state index contributed by atoms with van der Waals surface area (Å²) in [5.74, 6) is -0.951. The number of hydrogen-bond donors (Lipinski definition) is 1. The van der Waals surface area contributed by atoms with Crippen LogP contribution in [-0.2, 0) is 14.7 Å². The molecule has 1 aliphatic carbocycles. The molecular formula is C16H32O4. The summed E-state index contributed by atoms with van der Waals surface area (Å²) in [6.07, 6.45) is 14.3. The summed E-state index contributed by atoms with van der Waals surface area (Å²) < 4.78 is 0. The zero-order valence-electron chi connectivity index (χ0n) is 13.1. The van der Waals surface area contributed by atoms with Crippen molar-refractivity contribution in [2.24, 2.45) is 0 Å². The fourth-order valence-electron chi connectivity index (χ4n) is 2.69. The van der Waals surface area contributed by atoms with Crippen LogP contribution in [0.1, 0.15) is 90.4 Å². The minimum Gasteiger partial charge on any atom is -0.249 e. The van der Waals surface area contributed by atoms with Gasteiger partial charge in [-0.1, -0.05) is 58.3 Å². The van der Waals surface area contributed by atoms with E-state index in [2.05, 4.69) is 6.92 Å². The Kier molecular flexibility index (Phi) is 10.3. The fraction of sp³-hybridized carbons (Fsp3) is 1.00. The third-order valence-corrected chi connectivity index (χ3v) is 4.07. The molecule has 0 unspecified atom stereocenters. The van der Waals surface area contributed by atoms with Gasteiger partial charge in [-0.2, -0.15) is 4.89 Å². The van der Waals surface area contributed by atoms with E-state index >= 15 is 0 Å². The molecule has 1 saturated carbocycles. The van der Waals surface area contributed by atoms with Crippen LogP contribution in [0.25, 0.3) is 0 Å². The number of unbranched alkanes of at least 4 members (excludes halogenated alkanes) is 1. The van der Waals surface area contributed by atoms with Gasteiger partial charge in [-0.3, -0.25) is 0 Å². The Bertz CT molecular complexity index is 203. The molecule has 20 heavy (non-hydrogen) atoms. The maximum Gasteiger partial charge on any atom is 0.233 e. The summed E-state index contributed by atoms with van der Waals surface area (Å²) in [5, 5.41) is 9.30. The highest BCUT2D eigenvalue weighted by atomic mass is 17.3. The predicted molar refractivity (Wildman–Crippen MR) is 79.2 cm³/mol. The summed E-state index contributed by atoms with van der Waals surface area (Å²) >= 11 is 0. The molecule has 0 aromatic carbocycles. The average Bonchev–Trinajstić information content (AvgIpc) is 2.46. The van der Waals surface area contributed by atoms with Crippen molar-refractivity contribution in [3.63, 3.8) is 0 Å². The SMILES string of the molecule is CCCCOOC1(OO)CCCCCCCCCCC1. The van der Waals surface area contributed by atoms with Crippen LogP contribution < -0.4 is 0 Å². The molecule has 0 atom stereocenters. The lowest BCUT2D eigenvalue weighted by molar-refractivity contribution is -0.503. The first-order valence-corrected chi connectivity index (χ1v) is 8.46. The molecule has 1 fully saturated rings. The van der Waals surface area contributed by atoms with E-state index in [0.717, 1.165) is 25.7 Å². The van der Waals surface area contributed by atoms with Crippen molar-refractivity contribution in [3.05, 3.63) is 0 Å². The van der Waals surface area contributed by atoms with Gasteiger partial charge in [0.1, 0.15) is 0 Å². The highest BCUT2D eigenvalue weighted by Gasteiger charge is 2.33. The van der Waals surface area contributed by atoms with Crippen molar-refractivity contribution in [2.75, 3.05) is 6.61 Å². The molecule has 0 radical (unpaired) electrons. The molecule has 0 aromatic rings. The molecule has 0 aromatic heterocycles. The Labute approximate surface area is 123 Å². The van der Waals surface area contributed by atoms with E-state index in [-0.39, 0.29) is 0 Å². The largest absolute Gasteiger partial charge is 0.249 e. The van der Waals surface area contributed by atoms with E-state index < -0.39 is 5.79 Å². The van der Waals surface area contributed by atoms with E-state index in [9.17, 15) is 5.26 Å². The molecule has 0 bridgehead atoms. The molecule has 4 heteroatoms. The Morgan fingerprint density at radius 3 is 1.80 bits per heavy atom. The van der Waals surface area contributed by atoms with Crippen LogP contribution in [0.4, 0.5) is 0 Å². The summed E-state index contributed by atoms with van der Waals surface area (Å²) in [7, 11) is 0. The minimum absolute atomic E-state index is 0.557. The molecule has 0 amide bonds. The highest BCUT2D eigenvalue weighted by molar-refractivity contribution is 4.68. The van der Waals surface area contributed by atoms with Gasteiger partial charge in [-0.05, 0) is 19.3 Å². The van der Waals surface area contributed by atoms with E-state index in [1.165, 1.54) is 44.9 Å². The molecular weight excluding hydrogens is 256 g/mol. The summed E-state index contributed by atoms with van der Waals surface area (Å²) in [4.78, 5) is 15.4. The Morgan fingerprint density at radius 1 is 0.850 bits per heavy atom. The van der Waals surface area contributed by atoms with Gasteiger partial charge in [0.25, 0.3) is 0 Å². The van der Waals surface area contributed by atoms with E-state index in [0.29, 0.717) is 19.4 Å². The zero-order chi connectivity index (χ0) is 14.5. The van der Waals surface area contributed by atoms with Crippen molar-refractivity contribution < 1.29 is 19.9 Å². The van der Waals surface area contributed by atoms with E-state index in [1.807, 2.05) is 0 Å². The lowest BCUT2D eigenvalue weighted by Gasteiger charge is -2.29. The Balaban J connectivity index is 2.42. The molecule has 1 N–H and O–H groups in total. The van der Waals surface area contributed by atoms with Crippen LogP contribution in [0, 0.1) is 0 Å². The van der Waals surface area contributed by atoms with Gasteiger partial charge >= 0.3 is 0 Å². The smallest absolute Gasteiger partial charge is 0.233 e. The summed E-state index contributed by atoms with van der Waals surface area (Å²) in [6.45, 7) is 2.67. The average molecular weight is 288 g/mol. The second-order valence-corrected chi connectivity index (χ2v) is 5.94. The number of rotatable bonds is 6. The van der Waals surface area contributed by atoms with Crippen LogP contribution in [-0.4, -0.2) is 17.7 Å². The van der Waals surface area contributed by atoms with Gasteiger partial charge in [-0.15, -0.1) is 0 Å². The van der Waals surface area contributed by atoms with Crippen LogP contribution >= 0.6 is 0 Å². The molecule has 0 saturated heterocycles.